The quantitative estimate of drug-likeness (QED) is 0.504. The number of rotatable bonds is 1. The lowest BCUT2D eigenvalue weighted by Gasteiger charge is -1.96. The highest BCUT2D eigenvalue weighted by Gasteiger charge is 2.02. The summed E-state index contributed by atoms with van der Waals surface area (Å²) in [5.41, 5.74) is 0.563. The summed E-state index contributed by atoms with van der Waals surface area (Å²) >= 11 is 15.6. The van der Waals surface area contributed by atoms with Crippen LogP contribution in [-0.4, -0.2) is 4.32 Å². The Morgan fingerprint density at radius 2 is 2.09 bits per heavy atom. The molecule has 0 aliphatic carbocycles. The van der Waals surface area contributed by atoms with Crippen molar-refractivity contribution in [1.82, 2.24) is 0 Å². The lowest BCUT2D eigenvalue weighted by molar-refractivity contribution is 0.628. The van der Waals surface area contributed by atoms with Crippen LogP contribution in [0.25, 0.3) is 0 Å². The fraction of sp³-hybridized carbons (Fsp3) is 0. The van der Waals surface area contributed by atoms with Gasteiger partial charge in [-0.3, -0.25) is 0 Å². The van der Waals surface area contributed by atoms with Crippen molar-refractivity contribution in [2.75, 3.05) is 0 Å². The molecule has 0 saturated heterocycles. The van der Waals surface area contributed by atoms with Crippen molar-refractivity contribution in [2.45, 2.75) is 0 Å². The van der Waals surface area contributed by atoms with Crippen LogP contribution in [0, 0.1) is 5.82 Å². The molecule has 1 rings (SSSR count). The summed E-state index contributed by atoms with van der Waals surface area (Å²) in [6, 6.07) is 4.11. The Morgan fingerprint density at radius 3 is 2.55 bits per heavy atom. The molecule has 58 valence electrons. The molecule has 0 bridgehead atoms. The third-order valence-corrected chi connectivity index (χ3v) is 1.89. The van der Waals surface area contributed by atoms with Crippen molar-refractivity contribution < 1.29 is 4.39 Å². The summed E-state index contributed by atoms with van der Waals surface area (Å²) in [5.74, 6) is -0.469. The molecule has 0 aliphatic heterocycles. The van der Waals surface area contributed by atoms with Crippen LogP contribution in [0.5, 0.6) is 0 Å². The van der Waals surface area contributed by atoms with Crippen molar-refractivity contribution in [3.63, 3.8) is 0 Å². The van der Waals surface area contributed by atoms with E-state index in [-0.39, 0.29) is 9.35 Å². The summed E-state index contributed by atoms with van der Waals surface area (Å²) in [4.78, 5) is 0. The summed E-state index contributed by atoms with van der Waals surface area (Å²) in [6.07, 6.45) is 0. The van der Waals surface area contributed by atoms with Gasteiger partial charge in [0.15, 0.2) is 0 Å². The second kappa shape index (κ2) is 3.48. The topological polar surface area (TPSA) is 0 Å². The molecule has 1 aromatic rings. The molecule has 0 aliphatic rings. The molecule has 4 heteroatoms. The first-order chi connectivity index (χ1) is 5.11. The zero-order chi connectivity index (χ0) is 8.43. The van der Waals surface area contributed by atoms with Gasteiger partial charge in [0.1, 0.15) is 10.1 Å². The highest BCUT2D eigenvalue weighted by Crippen LogP contribution is 2.17. The van der Waals surface area contributed by atoms with Gasteiger partial charge in [0.2, 0.25) is 0 Å². The molecule has 0 unspecified atom stereocenters. The molecule has 0 heterocycles. The Labute approximate surface area is 78.9 Å². The lowest BCUT2D eigenvalue weighted by Crippen LogP contribution is -1.87. The molecule has 0 fully saturated rings. The van der Waals surface area contributed by atoms with Gasteiger partial charge < -0.3 is 0 Å². The lowest BCUT2D eigenvalue weighted by atomic mass is 10.2. The Hall–Kier alpha value is -0.180. The van der Waals surface area contributed by atoms with Crippen molar-refractivity contribution in [3.05, 3.63) is 34.6 Å². The minimum atomic E-state index is -0.469. The Morgan fingerprint density at radius 1 is 1.45 bits per heavy atom. The van der Waals surface area contributed by atoms with Crippen molar-refractivity contribution in [1.29, 1.82) is 0 Å². The number of hydrogen-bond donors (Lipinski definition) is 0. The zero-order valence-corrected chi connectivity index (χ0v) is 7.60. The zero-order valence-electron chi connectivity index (χ0n) is 5.27. The average Bonchev–Trinajstić information content (AvgIpc) is 1.94. The van der Waals surface area contributed by atoms with Crippen molar-refractivity contribution in [3.8, 4) is 0 Å². The third-order valence-electron chi connectivity index (χ3n) is 1.15. The fourth-order valence-electron chi connectivity index (χ4n) is 0.618. The van der Waals surface area contributed by atoms with E-state index < -0.39 is 5.82 Å². The monoisotopic (exact) mass is 208 g/mol. The van der Waals surface area contributed by atoms with Gasteiger partial charge >= 0.3 is 0 Å². The molecule has 11 heavy (non-hydrogen) atoms. The van der Waals surface area contributed by atoms with Gasteiger partial charge in [-0.2, -0.15) is 0 Å². The second-order valence-corrected chi connectivity index (χ2v) is 3.32. The Balaban J connectivity index is 3.15. The van der Waals surface area contributed by atoms with Crippen LogP contribution in [0.15, 0.2) is 18.2 Å². The van der Waals surface area contributed by atoms with Gasteiger partial charge in [0.25, 0.3) is 0 Å². The largest absolute Gasteiger partial charge is 0.205 e. The maximum Gasteiger partial charge on any atom is 0.141 e. The number of benzene rings is 1. The van der Waals surface area contributed by atoms with E-state index in [1.165, 1.54) is 18.2 Å². The second-order valence-electron chi connectivity index (χ2n) is 1.90. The maximum absolute atomic E-state index is 12.5. The average molecular weight is 209 g/mol. The van der Waals surface area contributed by atoms with Gasteiger partial charge in [-0.15, -0.1) is 0 Å². The molecule has 0 atom stereocenters. The Kier molecular flexibility index (Phi) is 2.82. The van der Waals surface area contributed by atoms with Crippen LogP contribution in [-0.2, 0) is 0 Å². The molecule has 0 amide bonds. The summed E-state index contributed by atoms with van der Waals surface area (Å²) < 4.78 is 12.7. The van der Waals surface area contributed by atoms with Gasteiger partial charge in [-0.25, -0.2) is 4.39 Å². The molecule has 0 spiro atoms. The van der Waals surface area contributed by atoms with Gasteiger partial charge in [-0.1, -0.05) is 35.4 Å². The van der Waals surface area contributed by atoms with Crippen LogP contribution in [0.2, 0.25) is 5.02 Å². The van der Waals surface area contributed by atoms with E-state index in [1.54, 1.807) is 0 Å². The van der Waals surface area contributed by atoms with E-state index >= 15 is 0 Å². The third kappa shape index (κ3) is 2.12. The van der Waals surface area contributed by atoms with Crippen LogP contribution < -0.4 is 0 Å². The van der Waals surface area contributed by atoms with Crippen LogP contribution in [0.3, 0.4) is 0 Å². The van der Waals surface area contributed by atoms with Gasteiger partial charge in [-0.05, 0) is 18.2 Å². The summed E-state index contributed by atoms with van der Waals surface area (Å²) in [7, 11) is 0. The van der Waals surface area contributed by atoms with E-state index in [0.29, 0.717) is 5.56 Å². The first-order valence-electron chi connectivity index (χ1n) is 2.76. The van der Waals surface area contributed by atoms with Gasteiger partial charge in [0.05, 0.1) is 5.02 Å². The first-order valence-corrected chi connectivity index (χ1v) is 3.92. The number of halogens is 3. The molecule has 0 aromatic heterocycles. The molecule has 0 nitrogen and oxygen atoms in total. The van der Waals surface area contributed by atoms with E-state index in [2.05, 4.69) is 12.2 Å². The summed E-state index contributed by atoms with van der Waals surface area (Å²) in [5, 5.41) is 0.0329. The number of hydrogen-bond acceptors (Lipinski definition) is 1. The molecule has 0 N–H and O–H groups in total. The standard InChI is InChI=1S/C7H3Cl2FS/c8-5-3-4(7(9)11)1-2-6(5)10/h1-3H. The van der Waals surface area contributed by atoms with Crippen molar-refractivity contribution >= 4 is 39.7 Å². The van der Waals surface area contributed by atoms with E-state index in [1.807, 2.05) is 0 Å². The van der Waals surface area contributed by atoms with Crippen LogP contribution >= 0.6 is 35.4 Å². The van der Waals surface area contributed by atoms with Crippen LogP contribution in [0.1, 0.15) is 5.56 Å². The molecule has 0 saturated carbocycles. The maximum atomic E-state index is 12.5. The van der Waals surface area contributed by atoms with Crippen LogP contribution in [0.4, 0.5) is 4.39 Å². The number of thiocarbonyl (C=S) groups is 1. The SMILES string of the molecule is Fc1ccc(C(=S)Cl)cc1Cl. The van der Waals surface area contributed by atoms with E-state index in [4.69, 9.17) is 23.2 Å². The van der Waals surface area contributed by atoms with E-state index in [9.17, 15) is 4.39 Å². The highest BCUT2D eigenvalue weighted by molar-refractivity contribution is 7.83. The highest BCUT2D eigenvalue weighted by atomic mass is 35.5. The molecule has 0 radical (unpaired) electrons. The first kappa shape index (κ1) is 8.91. The fourth-order valence-corrected chi connectivity index (χ4v) is 1.04. The summed E-state index contributed by atoms with van der Waals surface area (Å²) in [6.45, 7) is 0. The Bertz CT molecular complexity index is 298. The molecular weight excluding hydrogens is 206 g/mol. The normalized spacial score (nSPS) is 9.73. The van der Waals surface area contributed by atoms with E-state index in [0.717, 1.165) is 0 Å². The predicted octanol–water partition coefficient (Wildman–Crippen LogP) is 3.39. The molecular formula is C7H3Cl2FS. The van der Waals surface area contributed by atoms with Crippen molar-refractivity contribution in [2.24, 2.45) is 0 Å². The van der Waals surface area contributed by atoms with Gasteiger partial charge in [0, 0.05) is 5.56 Å². The smallest absolute Gasteiger partial charge is 0.141 e. The minimum Gasteiger partial charge on any atom is -0.205 e. The minimum absolute atomic E-state index is 0.0329. The molecule has 1 aromatic carbocycles. The predicted molar refractivity (Wildman–Crippen MR) is 49.0 cm³/mol.